The zero-order chi connectivity index (χ0) is 13.4. The Morgan fingerprint density at radius 3 is 2.61 bits per heavy atom. The highest BCUT2D eigenvalue weighted by atomic mass is 19.1. The van der Waals surface area contributed by atoms with Crippen LogP contribution in [-0.2, 0) is 6.42 Å². The van der Waals surface area contributed by atoms with E-state index in [4.69, 9.17) is 0 Å². The fraction of sp³-hybridized carbons (Fsp3) is 0.600. The van der Waals surface area contributed by atoms with Gasteiger partial charge in [0.25, 0.3) is 0 Å². The normalized spacial score (nSPS) is 12.7. The lowest BCUT2D eigenvalue weighted by atomic mass is 10.0. The number of rotatable bonds is 8. The molecule has 102 valence electrons. The van der Waals surface area contributed by atoms with E-state index in [0.717, 1.165) is 38.3 Å². The first-order valence-electron chi connectivity index (χ1n) is 6.84. The molecule has 0 aromatic heterocycles. The van der Waals surface area contributed by atoms with E-state index in [1.165, 1.54) is 6.07 Å². The van der Waals surface area contributed by atoms with Crippen molar-refractivity contribution in [3.63, 3.8) is 0 Å². The van der Waals surface area contributed by atoms with Crippen molar-refractivity contribution in [3.8, 4) is 0 Å². The van der Waals surface area contributed by atoms with E-state index >= 15 is 0 Å². The summed E-state index contributed by atoms with van der Waals surface area (Å²) >= 11 is 0. The smallest absolute Gasteiger partial charge is 0.129 e. The molecule has 18 heavy (non-hydrogen) atoms. The van der Waals surface area contributed by atoms with Gasteiger partial charge in [-0.1, -0.05) is 19.9 Å². The highest BCUT2D eigenvalue weighted by Crippen LogP contribution is 2.13. The van der Waals surface area contributed by atoms with Gasteiger partial charge >= 0.3 is 0 Å². The standard InChI is InChI=1S/C15H23F2N/c1-3-10-18-14(4-2)7-5-6-12-8-9-13(16)11-15(12)17/h8-9,11,14,18H,3-7,10H2,1-2H3. The third kappa shape index (κ3) is 5.13. The lowest BCUT2D eigenvalue weighted by Gasteiger charge is -2.16. The minimum Gasteiger partial charge on any atom is -0.314 e. The summed E-state index contributed by atoms with van der Waals surface area (Å²) in [6, 6.07) is 4.34. The van der Waals surface area contributed by atoms with Crippen molar-refractivity contribution >= 4 is 0 Å². The van der Waals surface area contributed by atoms with Gasteiger partial charge in [-0.05, 0) is 50.3 Å². The van der Waals surface area contributed by atoms with Crippen LogP contribution in [0.3, 0.4) is 0 Å². The topological polar surface area (TPSA) is 12.0 Å². The quantitative estimate of drug-likeness (QED) is 0.738. The number of nitrogens with one attached hydrogen (secondary N) is 1. The van der Waals surface area contributed by atoms with Crippen LogP contribution in [0.25, 0.3) is 0 Å². The molecule has 3 heteroatoms. The molecule has 0 spiro atoms. The molecule has 1 rings (SSSR count). The van der Waals surface area contributed by atoms with E-state index < -0.39 is 11.6 Å². The maximum absolute atomic E-state index is 13.4. The molecule has 0 aliphatic carbocycles. The molecule has 0 amide bonds. The zero-order valence-corrected chi connectivity index (χ0v) is 11.3. The molecule has 1 aromatic rings. The molecule has 0 fully saturated rings. The summed E-state index contributed by atoms with van der Waals surface area (Å²) in [4.78, 5) is 0. The number of hydrogen-bond acceptors (Lipinski definition) is 1. The van der Waals surface area contributed by atoms with Gasteiger partial charge in [-0.2, -0.15) is 0 Å². The summed E-state index contributed by atoms with van der Waals surface area (Å²) in [5, 5.41) is 3.48. The largest absolute Gasteiger partial charge is 0.314 e. The van der Waals surface area contributed by atoms with Crippen molar-refractivity contribution in [1.29, 1.82) is 0 Å². The molecule has 1 unspecified atom stereocenters. The highest BCUT2D eigenvalue weighted by molar-refractivity contribution is 5.18. The van der Waals surface area contributed by atoms with Crippen molar-refractivity contribution in [1.82, 2.24) is 5.32 Å². The van der Waals surface area contributed by atoms with Crippen LogP contribution in [0.15, 0.2) is 18.2 Å². The lowest BCUT2D eigenvalue weighted by Crippen LogP contribution is -2.29. The van der Waals surface area contributed by atoms with Crippen LogP contribution in [0.5, 0.6) is 0 Å². The van der Waals surface area contributed by atoms with Crippen LogP contribution < -0.4 is 5.32 Å². The zero-order valence-electron chi connectivity index (χ0n) is 11.3. The second-order valence-corrected chi connectivity index (χ2v) is 4.69. The van der Waals surface area contributed by atoms with Gasteiger partial charge in [-0.3, -0.25) is 0 Å². The Hall–Kier alpha value is -0.960. The molecule has 0 aliphatic heterocycles. The van der Waals surface area contributed by atoms with Gasteiger partial charge in [0.1, 0.15) is 11.6 Å². The molecule has 0 heterocycles. The summed E-state index contributed by atoms with van der Waals surface area (Å²) in [5.41, 5.74) is 0.613. The second-order valence-electron chi connectivity index (χ2n) is 4.69. The van der Waals surface area contributed by atoms with E-state index in [0.29, 0.717) is 18.0 Å². The minimum atomic E-state index is -0.507. The predicted octanol–water partition coefficient (Wildman–Crippen LogP) is 4.07. The summed E-state index contributed by atoms with van der Waals surface area (Å²) < 4.78 is 26.1. The maximum atomic E-state index is 13.4. The van der Waals surface area contributed by atoms with Gasteiger partial charge in [-0.15, -0.1) is 0 Å². The van der Waals surface area contributed by atoms with E-state index in [1.807, 2.05) is 0 Å². The van der Waals surface area contributed by atoms with E-state index in [9.17, 15) is 8.78 Å². The van der Waals surface area contributed by atoms with Gasteiger partial charge in [0.15, 0.2) is 0 Å². The predicted molar refractivity (Wildman–Crippen MR) is 71.7 cm³/mol. The van der Waals surface area contributed by atoms with E-state index in [-0.39, 0.29) is 0 Å². The average Bonchev–Trinajstić information content (AvgIpc) is 2.36. The molecule has 1 N–H and O–H groups in total. The Balaban J connectivity index is 2.35. The van der Waals surface area contributed by atoms with Crippen molar-refractivity contribution in [2.45, 2.75) is 52.0 Å². The van der Waals surface area contributed by atoms with Gasteiger partial charge < -0.3 is 5.32 Å². The Kier molecular flexibility index (Phi) is 6.88. The molecule has 0 saturated carbocycles. The van der Waals surface area contributed by atoms with Crippen LogP contribution >= 0.6 is 0 Å². The summed E-state index contributed by atoms with van der Waals surface area (Å²) in [5.74, 6) is -0.933. The van der Waals surface area contributed by atoms with Crippen molar-refractivity contribution in [3.05, 3.63) is 35.4 Å². The molecular formula is C15H23F2N. The van der Waals surface area contributed by atoms with Gasteiger partial charge in [0, 0.05) is 12.1 Å². The van der Waals surface area contributed by atoms with Gasteiger partial charge in [0.05, 0.1) is 0 Å². The molecule has 0 bridgehead atoms. The lowest BCUT2D eigenvalue weighted by molar-refractivity contribution is 0.453. The average molecular weight is 255 g/mol. The first-order valence-corrected chi connectivity index (χ1v) is 6.84. The molecule has 0 saturated heterocycles. The molecule has 1 nitrogen and oxygen atoms in total. The molecule has 0 aliphatic rings. The van der Waals surface area contributed by atoms with Crippen LogP contribution in [-0.4, -0.2) is 12.6 Å². The number of hydrogen-bond donors (Lipinski definition) is 1. The first-order chi connectivity index (χ1) is 8.67. The molecule has 1 aromatic carbocycles. The van der Waals surface area contributed by atoms with E-state index in [1.54, 1.807) is 6.07 Å². The first kappa shape index (κ1) is 15.1. The monoisotopic (exact) mass is 255 g/mol. The third-order valence-electron chi connectivity index (χ3n) is 3.19. The van der Waals surface area contributed by atoms with Gasteiger partial charge in [0.2, 0.25) is 0 Å². The number of benzene rings is 1. The van der Waals surface area contributed by atoms with Crippen molar-refractivity contribution in [2.24, 2.45) is 0 Å². The Morgan fingerprint density at radius 2 is 2.00 bits per heavy atom. The summed E-state index contributed by atoms with van der Waals surface area (Å²) in [6.07, 6.45) is 4.86. The maximum Gasteiger partial charge on any atom is 0.129 e. The fourth-order valence-corrected chi connectivity index (χ4v) is 2.06. The highest BCUT2D eigenvalue weighted by Gasteiger charge is 2.07. The number of halogens is 2. The van der Waals surface area contributed by atoms with E-state index in [2.05, 4.69) is 19.2 Å². The van der Waals surface area contributed by atoms with Crippen LogP contribution in [0.2, 0.25) is 0 Å². The van der Waals surface area contributed by atoms with Crippen molar-refractivity contribution < 1.29 is 8.78 Å². The molecule has 0 radical (unpaired) electrons. The fourth-order valence-electron chi connectivity index (χ4n) is 2.06. The van der Waals surface area contributed by atoms with Crippen molar-refractivity contribution in [2.75, 3.05) is 6.54 Å². The Bertz CT molecular complexity index is 352. The van der Waals surface area contributed by atoms with Crippen LogP contribution in [0.4, 0.5) is 8.78 Å². The summed E-state index contributed by atoms with van der Waals surface area (Å²) in [6.45, 7) is 5.34. The third-order valence-corrected chi connectivity index (χ3v) is 3.19. The molecule has 1 atom stereocenters. The number of aryl methyl sites for hydroxylation is 1. The van der Waals surface area contributed by atoms with Gasteiger partial charge in [-0.25, -0.2) is 8.78 Å². The van der Waals surface area contributed by atoms with Crippen LogP contribution in [0, 0.1) is 11.6 Å². The SMILES string of the molecule is CCCNC(CC)CCCc1ccc(F)cc1F. The summed E-state index contributed by atoms with van der Waals surface area (Å²) in [7, 11) is 0. The Labute approximate surface area is 109 Å². The van der Waals surface area contributed by atoms with Crippen LogP contribution in [0.1, 0.15) is 45.1 Å². The minimum absolute atomic E-state index is 0.426. The molecular weight excluding hydrogens is 232 g/mol. The second kappa shape index (κ2) is 8.20. The Morgan fingerprint density at radius 1 is 1.22 bits per heavy atom.